The van der Waals surface area contributed by atoms with Crippen LogP contribution in [0.15, 0.2) is 35.5 Å². The number of pyridine rings is 1. The fourth-order valence-corrected chi connectivity index (χ4v) is 4.90. The Morgan fingerprint density at radius 3 is 2.96 bits per heavy atom. The van der Waals surface area contributed by atoms with E-state index in [0.717, 1.165) is 25.6 Å². The number of aromatic nitrogens is 1. The van der Waals surface area contributed by atoms with E-state index >= 15 is 0 Å². The second kappa shape index (κ2) is 6.51. The summed E-state index contributed by atoms with van der Waals surface area (Å²) < 4.78 is 42.0. The molecular weight excluding hydrogens is 317 g/mol. The van der Waals surface area contributed by atoms with Crippen LogP contribution in [0.25, 0.3) is 10.8 Å². The third kappa shape index (κ3) is 3.08. The molecule has 1 aromatic carbocycles. The van der Waals surface area contributed by atoms with Gasteiger partial charge in [-0.2, -0.15) is 4.31 Å². The van der Waals surface area contributed by atoms with E-state index in [1.165, 1.54) is 16.6 Å². The Kier molecular flexibility index (Phi) is 4.61. The molecule has 5 nitrogen and oxygen atoms in total. The van der Waals surface area contributed by atoms with E-state index in [1.807, 2.05) is 6.92 Å². The summed E-state index contributed by atoms with van der Waals surface area (Å²) in [7, 11) is -3.77. The van der Waals surface area contributed by atoms with Crippen molar-refractivity contribution in [1.29, 1.82) is 0 Å². The number of rotatable bonds is 2. The van der Waals surface area contributed by atoms with Crippen molar-refractivity contribution in [2.75, 3.05) is 19.6 Å². The van der Waals surface area contributed by atoms with Crippen LogP contribution in [-0.2, 0) is 10.0 Å². The molecule has 124 valence electrons. The molecule has 0 spiro atoms. The van der Waals surface area contributed by atoms with Gasteiger partial charge in [-0.3, -0.25) is 4.98 Å². The molecule has 1 atom stereocenters. The minimum Gasteiger partial charge on any atom is -0.315 e. The van der Waals surface area contributed by atoms with E-state index in [2.05, 4.69) is 10.3 Å². The maximum Gasteiger partial charge on any atom is 0.244 e. The molecule has 2 aromatic rings. The van der Waals surface area contributed by atoms with Gasteiger partial charge in [0.05, 0.1) is 11.1 Å². The predicted molar refractivity (Wildman–Crippen MR) is 87.2 cm³/mol. The Hall–Kier alpha value is -1.57. The first-order chi connectivity index (χ1) is 11.0. The topological polar surface area (TPSA) is 62.3 Å². The van der Waals surface area contributed by atoms with Crippen molar-refractivity contribution in [2.24, 2.45) is 0 Å². The van der Waals surface area contributed by atoms with Gasteiger partial charge in [0.1, 0.15) is 0 Å². The number of nitrogens with zero attached hydrogens (tertiary/aromatic N) is 2. The van der Waals surface area contributed by atoms with Crippen molar-refractivity contribution in [3.63, 3.8) is 0 Å². The summed E-state index contributed by atoms with van der Waals surface area (Å²) in [5.74, 6) is -0.612. The average Bonchev–Trinajstić information content (AvgIpc) is 2.50. The summed E-state index contributed by atoms with van der Waals surface area (Å²) in [6.45, 7) is 3.81. The van der Waals surface area contributed by atoms with Gasteiger partial charge < -0.3 is 5.32 Å². The zero-order chi connectivity index (χ0) is 16.4. The van der Waals surface area contributed by atoms with Crippen LogP contribution in [0.3, 0.4) is 0 Å². The zero-order valence-corrected chi connectivity index (χ0v) is 13.8. The highest BCUT2D eigenvalue weighted by atomic mass is 32.2. The van der Waals surface area contributed by atoms with Gasteiger partial charge in [0.15, 0.2) is 5.82 Å². The van der Waals surface area contributed by atoms with Crippen LogP contribution in [-0.4, -0.2) is 43.4 Å². The fourth-order valence-electron chi connectivity index (χ4n) is 3.01. The number of hydrogen-bond acceptors (Lipinski definition) is 4. The van der Waals surface area contributed by atoms with E-state index in [1.54, 1.807) is 12.1 Å². The molecule has 1 fully saturated rings. The molecule has 1 aromatic heterocycles. The first-order valence-electron chi connectivity index (χ1n) is 7.76. The molecule has 3 rings (SSSR count). The molecule has 2 heterocycles. The van der Waals surface area contributed by atoms with Gasteiger partial charge >= 0.3 is 0 Å². The van der Waals surface area contributed by atoms with Gasteiger partial charge in [-0.05, 0) is 32.4 Å². The molecule has 1 aliphatic rings. The summed E-state index contributed by atoms with van der Waals surface area (Å²) in [6, 6.07) is 4.59. The highest BCUT2D eigenvalue weighted by Gasteiger charge is 2.31. The van der Waals surface area contributed by atoms with Crippen molar-refractivity contribution in [3.8, 4) is 0 Å². The quantitative estimate of drug-likeness (QED) is 0.912. The van der Waals surface area contributed by atoms with Crippen molar-refractivity contribution < 1.29 is 12.8 Å². The van der Waals surface area contributed by atoms with Gasteiger partial charge in [-0.25, -0.2) is 12.8 Å². The van der Waals surface area contributed by atoms with Crippen LogP contribution in [0.5, 0.6) is 0 Å². The first-order valence-corrected chi connectivity index (χ1v) is 9.20. The van der Waals surface area contributed by atoms with E-state index in [0.29, 0.717) is 18.5 Å². The normalized spacial score (nSPS) is 21.0. The molecule has 0 saturated carbocycles. The van der Waals surface area contributed by atoms with Crippen LogP contribution in [0.2, 0.25) is 0 Å². The Balaban J connectivity index is 2.12. The van der Waals surface area contributed by atoms with Crippen LogP contribution < -0.4 is 5.32 Å². The molecule has 7 heteroatoms. The molecule has 1 aliphatic heterocycles. The SMILES string of the molecule is C[C@H]1CNCCCCN1S(=O)(=O)c1cccc2cncc(F)c12. The molecule has 1 N–H and O–H groups in total. The second-order valence-corrected chi connectivity index (χ2v) is 7.71. The lowest BCUT2D eigenvalue weighted by Crippen LogP contribution is -2.46. The summed E-state index contributed by atoms with van der Waals surface area (Å²) in [5.41, 5.74) is 0. The zero-order valence-electron chi connectivity index (χ0n) is 13.0. The minimum atomic E-state index is -3.77. The molecule has 0 bridgehead atoms. The molecule has 0 amide bonds. The van der Waals surface area contributed by atoms with Gasteiger partial charge in [0.25, 0.3) is 0 Å². The lowest BCUT2D eigenvalue weighted by molar-refractivity contribution is 0.301. The lowest BCUT2D eigenvalue weighted by atomic mass is 10.2. The van der Waals surface area contributed by atoms with Crippen LogP contribution in [0.1, 0.15) is 19.8 Å². The number of fused-ring (bicyclic) bond motifs is 1. The van der Waals surface area contributed by atoms with Crippen molar-refractivity contribution >= 4 is 20.8 Å². The van der Waals surface area contributed by atoms with Crippen molar-refractivity contribution in [3.05, 3.63) is 36.4 Å². The predicted octanol–water partition coefficient (Wildman–Crippen LogP) is 2.14. The lowest BCUT2D eigenvalue weighted by Gasteiger charge is -2.31. The highest BCUT2D eigenvalue weighted by Crippen LogP contribution is 2.28. The summed E-state index contributed by atoms with van der Waals surface area (Å²) >= 11 is 0. The van der Waals surface area contributed by atoms with E-state index in [9.17, 15) is 12.8 Å². The molecule has 1 saturated heterocycles. The van der Waals surface area contributed by atoms with Gasteiger partial charge in [0.2, 0.25) is 10.0 Å². The summed E-state index contributed by atoms with van der Waals surface area (Å²) in [4.78, 5) is 3.81. The maximum atomic E-state index is 14.2. The van der Waals surface area contributed by atoms with Gasteiger partial charge in [-0.15, -0.1) is 0 Å². The van der Waals surface area contributed by atoms with Crippen LogP contribution in [0, 0.1) is 5.82 Å². The smallest absolute Gasteiger partial charge is 0.244 e. The molecule has 0 unspecified atom stereocenters. The Bertz CT molecular complexity index is 805. The maximum absolute atomic E-state index is 14.2. The number of benzene rings is 1. The number of halogens is 1. The monoisotopic (exact) mass is 337 g/mol. The average molecular weight is 337 g/mol. The number of nitrogens with one attached hydrogen (secondary N) is 1. The van der Waals surface area contributed by atoms with Crippen molar-refractivity contribution in [2.45, 2.75) is 30.7 Å². The third-order valence-corrected chi connectivity index (χ3v) is 6.25. The molecule has 0 radical (unpaired) electrons. The van der Waals surface area contributed by atoms with E-state index in [4.69, 9.17) is 0 Å². The molecule has 23 heavy (non-hydrogen) atoms. The van der Waals surface area contributed by atoms with Crippen LogP contribution >= 0.6 is 0 Å². The standard InChI is InChI=1S/C16H20FN3O2S/c1-12-9-18-7-2-3-8-20(12)23(21,22)15-6-4-5-13-10-19-11-14(17)16(13)15/h4-6,10-12,18H,2-3,7-9H2,1H3/t12-/m0/s1. The number of hydrogen-bond donors (Lipinski definition) is 1. The summed E-state index contributed by atoms with van der Waals surface area (Å²) in [6.07, 6.45) is 4.24. The minimum absolute atomic E-state index is 0.0160. The van der Waals surface area contributed by atoms with Crippen molar-refractivity contribution in [1.82, 2.24) is 14.6 Å². The van der Waals surface area contributed by atoms with E-state index in [-0.39, 0.29) is 16.3 Å². The van der Waals surface area contributed by atoms with Crippen LogP contribution in [0.4, 0.5) is 4.39 Å². The molecule has 0 aliphatic carbocycles. The fraction of sp³-hybridized carbons (Fsp3) is 0.438. The Morgan fingerprint density at radius 2 is 2.13 bits per heavy atom. The van der Waals surface area contributed by atoms with Gasteiger partial charge in [0, 0.05) is 36.1 Å². The Morgan fingerprint density at radius 1 is 1.30 bits per heavy atom. The summed E-state index contributed by atoms with van der Waals surface area (Å²) in [5, 5.41) is 3.85. The molecular formula is C16H20FN3O2S. The second-order valence-electron chi connectivity index (χ2n) is 5.85. The number of sulfonamides is 1. The largest absolute Gasteiger partial charge is 0.315 e. The van der Waals surface area contributed by atoms with E-state index < -0.39 is 15.8 Å². The van der Waals surface area contributed by atoms with Gasteiger partial charge in [-0.1, -0.05) is 12.1 Å². The third-order valence-electron chi connectivity index (χ3n) is 4.20. The Labute approximate surface area is 135 Å². The highest BCUT2D eigenvalue weighted by molar-refractivity contribution is 7.89. The first kappa shape index (κ1) is 16.3.